The molecule has 6 heteroatoms. The highest BCUT2D eigenvalue weighted by atomic mass is 16.5. The predicted molar refractivity (Wildman–Crippen MR) is 96.4 cm³/mol. The number of aromatic hydroxyl groups is 2. The number of nitrogens with zero attached hydrogens (tertiary/aromatic N) is 1. The molecular weight excluding hydrogens is 334 g/mol. The van der Waals surface area contributed by atoms with Crippen LogP contribution in [0.15, 0.2) is 18.2 Å². The van der Waals surface area contributed by atoms with E-state index in [1.165, 1.54) is 7.11 Å². The lowest BCUT2D eigenvalue weighted by Crippen LogP contribution is -2.39. The van der Waals surface area contributed by atoms with Gasteiger partial charge in [0.1, 0.15) is 0 Å². The minimum Gasteiger partial charge on any atom is -0.504 e. The van der Waals surface area contributed by atoms with Gasteiger partial charge in [-0.1, -0.05) is 6.07 Å². The molecule has 0 spiro atoms. The highest BCUT2D eigenvalue weighted by molar-refractivity contribution is 5.61. The first-order chi connectivity index (χ1) is 12.6. The first kappa shape index (κ1) is 16.8. The third-order valence-corrected chi connectivity index (χ3v) is 5.53. The van der Waals surface area contributed by atoms with Crippen LogP contribution in [-0.2, 0) is 19.4 Å². The topological polar surface area (TPSA) is 71.4 Å². The van der Waals surface area contributed by atoms with E-state index in [1.807, 2.05) is 12.1 Å². The van der Waals surface area contributed by atoms with E-state index in [0.717, 1.165) is 41.6 Å². The lowest BCUT2D eigenvalue weighted by atomic mass is 9.83. The van der Waals surface area contributed by atoms with E-state index in [0.29, 0.717) is 23.8 Å². The Bertz CT molecular complexity index is 864. The lowest BCUT2D eigenvalue weighted by molar-refractivity contribution is 0.153. The number of benzene rings is 2. The van der Waals surface area contributed by atoms with Gasteiger partial charge in [0.05, 0.1) is 21.3 Å². The number of rotatable bonds is 3. The zero-order valence-electron chi connectivity index (χ0n) is 15.2. The van der Waals surface area contributed by atoms with E-state index >= 15 is 0 Å². The van der Waals surface area contributed by atoms with Crippen LogP contribution in [0.1, 0.15) is 28.3 Å². The van der Waals surface area contributed by atoms with Crippen molar-refractivity contribution in [3.8, 4) is 28.7 Å². The molecule has 0 aliphatic carbocycles. The van der Waals surface area contributed by atoms with Gasteiger partial charge in [-0.3, -0.25) is 4.90 Å². The smallest absolute Gasteiger partial charge is 0.203 e. The van der Waals surface area contributed by atoms with Crippen LogP contribution in [0.2, 0.25) is 0 Å². The Hall–Kier alpha value is -2.60. The number of ether oxygens (including phenoxy) is 3. The molecule has 0 amide bonds. The van der Waals surface area contributed by atoms with Crippen molar-refractivity contribution < 1.29 is 24.4 Å². The van der Waals surface area contributed by atoms with E-state index in [-0.39, 0.29) is 17.5 Å². The third kappa shape index (κ3) is 2.36. The van der Waals surface area contributed by atoms with Crippen LogP contribution in [0.3, 0.4) is 0 Å². The quantitative estimate of drug-likeness (QED) is 0.880. The van der Waals surface area contributed by atoms with Gasteiger partial charge in [0.25, 0.3) is 0 Å². The maximum absolute atomic E-state index is 10.5. The van der Waals surface area contributed by atoms with Crippen LogP contribution < -0.4 is 14.2 Å². The number of phenolic OH excluding ortho intramolecular Hbond substituents is 2. The molecule has 1 unspecified atom stereocenters. The van der Waals surface area contributed by atoms with Crippen LogP contribution >= 0.6 is 0 Å². The first-order valence-electron chi connectivity index (χ1n) is 8.67. The normalized spacial score (nSPS) is 18.5. The Morgan fingerprint density at radius 1 is 1.00 bits per heavy atom. The summed E-state index contributed by atoms with van der Waals surface area (Å²) >= 11 is 0. The highest BCUT2D eigenvalue weighted by Crippen LogP contribution is 2.50. The Kier molecular flexibility index (Phi) is 4.07. The molecule has 0 saturated carbocycles. The molecule has 0 bridgehead atoms. The Balaban J connectivity index is 1.83. The molecule has 2 aromatic rings. The van der Waals surface area contributed by atoms with Crippen LogP contribution in [0.5, 0.6) is 28.7 Å². The summed E-state index contributed by atoms with van der Waals surface area (Å²) in [5, 5.41) is 20.8. The molecule has 0 radical (unpaired) electrons. The molecule has 138 valence electrons. The molecular formula is C20H23NO5. The van der Waals surface area contributed by atoms with Gasteiger partial charge in [-0.2, -0.15) is 0 Å². The summed E-state index contributed by atoms with van der Waals surface area (Å²) in [7, 11) is 4.70. The monoisotopic (exact) mass is 357 g/mol. The number of phenols is 2. The average Bonchev–Trinajstić information content (AvgIpc) is 2.65. The number of hydrogen-bond donors (Lipinski definition) is 2. The summed E-state index contributed by atoms with van der Waals surface area (Å²) in [5.41, 5.74) is 4.18. The van der Waals surface area contributed by atoms with Gasteiger partial charge in [-0.15, -0.1) is 0 Å². The Labute approximate surface area is 152 Å². The molecule has 26 heavy (non-hydrogen) atoms. The van der Waals surface area contributed by atoms with Gasteiger partial charge >= 0.3 is 0 Å². The number of methoxy groups -OCH3 is 3. The van der Waals surface area contributed by atoms with Crippen molar-refractivity contribution >= 4 is 0 Å². The van der Waals surface area contributed by atoms with Crippen molar-refractivity contribution in [2.75, 3.05) is 27.9 Å². The summed E-state index contributed by atoms with van der Waals surface area (Å²) in [6.07, 6.45) is 1.56. The van der Waals surface area contributed by atoms with E-state index in [2.05, 4.69) is 4.90 Å². The summed E-state index contributed by atoms with van der Waals surface area (Å²) in [6.45, 7) is 1.50. The van der Waals surface area contributed by atoms with E-state index in [4.69, 9.17) is 14.2 Å². The van der Waals surface area contributed by atoms with Gasteiger partial charge in [0, 0.05) is 30.3 Å². The molecule has 0 saturated heterocycles. The second kappa shape index (κ2) is 6.29. The van der Waals surface area contributed by atoms with Crippen LogP contribution in [0, 0.1) is 0 Å². The summed E-state index contributed by atoms with van der Waals surface area (Å²) < 4.78 is 16.3. The van der Waals surface area contributed by atoms with E-state index in [9.17, 15) is 10.2 Å². The molecule has 1 atom stereocenters. The Morgan fingerprint density at radius 2 is 1.77 bits per heavy atom. The molecule has 2 aromatic carbocycles. The number of fused-ring (bicyclic) bond motifs is 4. The third-order valence-electron chi connectivity index (χ3n) is 5.53. The minimum atomic E-state index is 0.107. The summed E-state index contributed by atoms with van der Waals surface area (Å²) in [5.74, 6) is 1.80. The van der Waals surface area contributed by atoms with Gasteiger partial charge in [0.2, 0.25) is 5.75 Å². The van der Waals surface area contributed by atoms with E-state index in [1.54, 1.807) is 20.3 Å². The molecule has 2 aliphatic rings. The predicted octanol–water partition coefficient (Wildman–Crippen LogP) is 2.78. The molecule has 0 aromatic heterocycles. The largest absolute Gasteiger partial charge is 0.504 e. The second-order valence-electron chi connectivity index (χ2n) is 6.73. The fourth-order valence-electron chi connectivity index (χ4n) is 4.29. The van der Waals surface area contributed by atoms with Gasteiger partial charge in [-0.25, -0.2) is 0 Å². The van der Waals surface area contributed by atoms with Gasteiger partial charge in [0.15, 0.2) is 23.0 Å². The van der Waals surface area contributed by atoms with Crippen molar-refractivity contribution in [1.82, 2.24) is 4.90 Å². The molecule has 4 rings (SSSR count). The molecule has 2 aliphatic heterocycles. The molecule has 2 heterocycles. The standard InChI is InChI=1S/C20H23NO5/c1-24-16-5-4-11-8-14-17-12(6-7-21(14)10-13(11)18(16)23)9-15(22)19(25-2)20(17)26-3/h4-5,9,14,22-23H,6-8,10H2,1-3H3. The number of hydrogen-bond acceptors (Lipinski definition) is 6. The molecule has 6 nitrogen and oxygen atoms in total. The van der Waals surface area contributed by atoms with Crippen molar-refractivity contribution in [3.05, 3.63) is 40.5 Å². The fraction of sp³-hybridized carbons (Fsp3) is 0.400. The summed E-state index contributed by atoms with van der Waals surface area (Å²) in [4.78, 5) is 2.34. The second-order valence-corrected chi connectivity index (χ2v) is 6.73. The zero-order chi connectivity index (χ0) is 18.4. The molecule has 0 fully saturated rings. The van der Waals surface area contributed by atoms with Crippen molar-refractivity contribution in [1.29, 1.82) is 0 Å². The maximum atomic E-state index is 10.5. The molecule has 2 N–H and O–H groups in total. The highest BCUT2D eigenvalue weighted by Gasteiger charge is 2.37. The van der Waals surface area contributed by atoms with Crippen molar-refractivity contribution in [2.45, 2.75) is 25.4 Å². The first-order valence-corrected chi connectivity index (χ1v) is 8.67. The van der Waals surface area contributed by atoms with Crippen LogP contribution in [0.25, 0.3) is 0 Å². The van der Waals surface area contributed by atoms with Crippen molar-refractivity contribution in [2.24, 2.45) is 0 Å². The van der Waals surface area contributed by atoms with Gasteiger partial charge in [-0.05, 0) is 36.1 Å². The fourth-order valence-corrected chi connectivity index (χ4v) is 4.29. The van der Waals surface area contributed by atoms with E-state index < -0.39 is 0 Å². The van der Waals surface area contributed by atoms with Gasteiger partial charge < -0.3 is 24.4 Å². The van der Waals surface area contributed by atoms with Crippen molar-refractivity contribution in [3.63, 3.8) is 0 Å². The van der Waals surface area contributed by atoms with Crippen LogP contribution in [-0.4, -0.2) is 43.0 Å². The minimum absolute atomic E-state index is 0.107. The zero-order valence-corrected chi connectivity index (χ0v) is 15.2. The lowest BCUT2D eigenvalue weighted by Gasteiger charge is -2.42. The average molecular weight is 357 g/mol. The SMILES string of the molecule is COc1ccc2c(c1O)CN1CCc3cc(O)c(OC)c(OC)c3C1C2. The van der Waals surface area contributed by atoms with Crippen LogP contribution in [0.4, 0.5) is 0 Å². The Morgan fingerprint density at radius 3 is 2.46 bits per heavy atom. The summed E-state index contributed by atoms with van der Waals surface area (Å²) in [6, 6.07) is 5.73. The maximum Gasteiger partial charge on any atom is 0.203 e.